The van der Waals surface area contributed by atoms with E-state index in [0.717, 1.165) is 30.6 Å². The smallest absolute Gasteiger partial charge is 0.302 e. The van der Waals surface area contributed by atoms with Gasteiger partial charge in [-0.3, -0.25) is 14.5 Å². The Hall–Kier alpha value is -2.63. The van der Waals surface area contributed by atoms with E-state index in [-0.39, 0.29) is 18.5 Å². The maximum absolute atomic E-state index is 13.1. The largest absolute Gasteiger partial charge is 0.461 e. The Bertz CT molecular complexity index is 840. The van der Waals surface area contributed by atoms with Crippen LogP contribution < -0.4 is 4.90 Å². The summed E-state index contributed by atoms with van der Waals surface area (Å²) in [6, 6.07) is 5.69. The number of hydrogen-bond donors (Lipinski definition) is 0. The molecule has 0 saturated heterocycles. The van der Waals surface area contributed by atoms with E-state index in [2.05, 4.69) is 15.6 Å². The molecule has 0 unspecified atom stereocenters. The number of nitrogens with zero attached hydrogens (tertiary/aromatic N) is 3. The average molecular weight is 339 g/mol. The summed E-state index contributed by atoms with van der Waals surface area (Å²) in [5, 5.41) is 0. The summed E-state index contributed by atoms with van der Waals surface area (Å²) in [5.41, 5.74) is 4.14. The zero-order valence-electron chi connectivity index (χ0n) is 14.3. The Labute approximate surface area is 146 Å². The summed E-state index contributed by atoms with van der Waals surface area (Å²) in [6.07, 6.45) is 6.18. The van der Waals surface area contributed by atoms with Crippen molar-refractivity contribution in [1.29, 1.82) is 0 Å². The molecule has 0 atom stereocenters. The van der Waals surface area contributed by atoms with E-state index >= 15 is 0 Å². The summed E-state index contributed by atoms with van der Waals surface area (Å²) in [4.78, 5) is 30.3. The summed E-state index contributed by atoms with van der Waals surface area (Å²) < 4.78 is 7.29. The lowest BCUT2D eigenvalue weighted by Crippen LogP contribution is -2.41. The summed E-state index contributed by atoms with van der Waals surface area (Å²) in [7, 11) is 0. The third-order valence-electron chi connectivity index (χ3n) is 4.97. The fourth-order valence-electron chi connectivity index (χ4n) is 3.80. The highest BCUT2D eigenvalue weighted by Crippen LogP contribution is 2.30. The van der Waals surface area contributed by atoms with Gasteiger partial charge in [0.25, 0.3) is 5.91 Å². The average Bonchev–Trinajstić information content (AvgIpc) is 3.00. The van der Waals surface area contributed by atoms with Gasteiger partial charge in [-0.25, -0.2) is 4.98 Å². The number of aryl methyl sites for hydroxylation is 1. The number of amides is 1. The van der Waals surface area contributed by atoms with Crippen LogP contribution >= 0.6 is 0 Å². The molecule has 0 N–H and O–H groups in total. The zero-order chi connectivity index (χ0) is 17.4. The van der Waals surface area contributed by atoms with E-state index < -0.39 is 0 Å². The molecule has 2 aromatic heterocycles. The molecule has 0 fully saturated rings. The molecular weight excluding hydrogens is 318 g/mol. The second-order valence-corrected chi connectivity index (χ2v) is 6.58. The van der Waals surface area contributed by atoms with Crippen LogP contribution in [0.3, 0.4) is 0 Å². The molecule has 2 aliphatic rings. The van der Waals surface area contributed by atoms with Crippen LogP contribution in [0.5, 0.6) is 0 Å². The SMILES string of the molecule is CC(=O)OCc1cccnc1N1CCn2c(cc3c2CCCC3)C1=O. The molecule has 6 heteroatoms. The first-order valence-corrected chi connectivity index (χ1v) is 8.75. The number of fused-ring (bicyclic) bond motifs is 3. The number of carbonyl (C=O) groups is 2. The minimum atomic E-state index is -0.346. The van der Waals surface area contributed by atoms with Crippen molar-refractivity contribution >= 4 is 17.7 Å². The van der Waals surface area contributed by atoms with Gasteiger partial charge in [0.15, 0.2) is 0 Å². The van der Waals surface area contributed by atoms with E-state index in [1.807, 2.05) is 6.07 Å². The lowest BCUT2D eigenvalue weighted by atomic mass is 9.98. The van der Waals surface area contributed by atoms with E-state index in [9.17, 15) is 9.59 Å². The van der Waals surface area contributed by atoms with Crippen molar-refractivity contribution in [2.45, 2.75) is 45.8 Å². The topological polar surface area (TPSA) is 64.4 Å². The van der Waals surface area contributed by atoms with Crippen LogP contribution in [0.1, 0.15) is 47.1 Å². The van der Waals surface area contributed by atoms with Crippen LogP contribution in [0.4, 0.5) is 5.82 Å². The van der Waals surface area contributed by atoms with Gasteiger partial charge in [-0.05, 0) is 43.4 Å². The van der Waals surface area contributed by atoms with Gasteiger partial charge in [0, 0.05) is 37.5 Å². The highest BCUT2D eigenvalue weighted by Gasteiger charge is 2.31. The van der Waals surface area contributed by atoms with Crippen LogP contribution in [0.2, 0.25) is 0 Å². The van der Waals surface area contributed by atoms with Crippen molar-refractivity contribution in [3.05, 3.63) is 46.9 Å². The first-order valence-electron chi connectivity index (χ1n) is 8.75. The second-order valence-electron chi connectivity index (χ2n) is 6.58. The molecule has 1 amide bonds. The number of hydrogen-bond acceptors (Lipinski definition) is 4. The number of pyridine rings is 1. The quantitative estimate of drug-likeness (QED) is 0.806. The lowest BCUT2D eigenvalue weighted by Gasteiger charge is -2.30. The molecule has 2 aromatic rings. The standard InChI is InChI=1S/C19H21N3O3/c1-13(23)25-12-15-6-4-8-20-18(15)22-10-9-21-16-7-3-2-5-14(16)11-17(21)19(22)24/h4,6,8,11H,2-3,5,7,9-10,12H2,1H3. The highest BCUT2D eigenvalue weighted by atomic mass is 16.5. The molecule has 6 nitrogen and oxygen atoms in total. The minimum absolute atomic E-state index is 0.0246. The molecule has 0 spiro atoms. The Morgan fingerprint density at radius 1 is 1.28 bits per heavy atom. The Morgan fingerprint density at radius 2 is 2.12 bits per heavy atom. The van der Waals surface area contributed by atoms with Crippen molar-refractivity contribution in [3.63, 3.8) is 0 Å². The summed E-state index contributed by atoms with van der Waals surface area (Å²) >= 11 is 0. The van der Waals surface area contributed by atoms with Crippen LogP contribution in [-0.2, 0) is 35.5 Å². The molecule has 3 heterocycles. The molecular formula is C19H21N3O3. The first-order chi connectivity index (χ1) is 12.1. The molecule has 0 aromatic carbocycles. The van der Waals surface area contributed by atoms with Crippen molar-refractivity contribution in [2.24, 2.45) is 0 Å². The lowest BCUT2D eigenvalue weighted by molar-refractivity contribution is -0.142. The normalized spacial score (nSPS) is 16.4. The van der Waals surface area contributed by atoms with Crippen LogP contribution in [0.25, 0.3) is 0 Å². The van der Waals surface area contributed by atoms with Gasteiger partial charge >= 0.3 is 5.97 Å². The molecule has 1 aliphatic heterocycles. The van der Waals surface area contributed by atoms with E-state index in [0.29, 0.717) is 12.4 Å². The number of carbonyl (C=O) groups excluding carboxylic acids is 2. The third kappa shape index (κ3) is 2.81. The van der Waals surface area contributed by atoms with Gasteiger partial charge in [-0.15, -0.1) is 0 Å². The van der Waals surface area contributed by atoms with Gasteiger partial charge in [0.1, 0.15) is 18.1 Å². The van der Waals surface area contributed by atoms with Crippen molar-refractivity contribution in [1.82, 2.24) is 9.55 Å². The zero-order valence-corrected chi connectivity index (χ0v) is 14.3. The monoisotopic (exact) mass is 339 g/mol. The number of aromatic nitrogens is 2. The minimum Gasteiger partial charge on any atom is -0.461 e. The third-order valence-corrected chi connectivity index (χ3v) is 4.97. The van der Waals surface area contributed by atoms with Gasteiger partial charge in [0.05, 0.1) is 0 Å². The number of ether oxygens (including phenoxy) is 1. The molecule has 0 radical (unpaired) electrons. The van der Waals surface area contributed by atoms with Crippen molar-refractivity contribution in [2.75, 3.05) is 11.4 Å². The number of esters is 1. The van der Waals surface area contributed by atoms with Crippen LogP contribution in [0.15, 0.2) is 24.4 Å². The van der Waals surface area contributed by atoms with Gasteiger partial charge < -0.3 is 9.30 Å². The van der Waals surface area contributed by atoms with Gasteiger partial charge in [-0.1, -0.05) is 6.07 Å². The van der Waals surface area contributed by atoms with Gasteiger partial charge in [0.2, 0.25) is 0 Å². The molecule has 0 bridgehead atoms. The molecule has 1 aliphatic carbocycles. The van der Waals surface area contributed by atoms with Crippen LogP contribution in [-0.4, -0.2) is 28.0 Å². The van der Waals surface area contributed by atoms with Crippen LogP contribution in [0, 0.1) is 0 Å². The maximum Gasteiger partial charge on any atom is 0.302 e. The fraction of sp³-hybridized carbons (Fsp3) is 0.421. The summed E-state index contributed by atoms with van der Waals surface area (Å²) in [6.45, 7) is 2.86. The number of rotatable bonds is 3. The predicted octanol–water partition coefficient (Wildman–Crippen LogP) is 2.49. The number of anilines is 1. The van der Waals surface area contributed by atoms with E-state index in [1.165, 1.54) is 31.0 Å². The molecule has 25 heavy (non-hydrogen) atoms. The predicted molar refractivity (Wildman–Crippen MR) is 92.5 cm³/mol. The van der Waals surface area contributed by atoms with E-state index in [4.69, 9.17) is 4.74 Å². The highest BCUT2D eigenvalue weighted by molar-refractivity contribution is 6.06. The molecule has 4 rings (SSSR count). The van der Waals surface area contributed by atoms with E-state index in [1.54, 1.807) is 17.2 Å². The second kappa shape index (κ2) is 6.35. The Balaban J connectivity index is 1.66. The first kappa shape index (κ1) is 15.9. The fourth-order valence-corrected chi connectivity index (χ4v) is 3.80. The Kier molecular flexibility index (Phi) is 4.03. The molecule has 0 saturated carbocycles. The van der Waals surface area contributed by atoms with Crippen molar-refractivity contribution in [3.8, 4) is 0 Å². The Morgan fingerprint density at radius 3 is 2.96 bits per heavy atom. The molecule has 130 valence electrons. The summed E-state index contributed by atoms with van der Waals surface area (Å²) in [5.74, 6) is 0.212. The maximum atomic E-state index is 13.1. The van der Waals surface area contributed by atoms with Gasteiger partial charge in [-0.2, -0.15) is 0 Å². The van der Waals surface area contributed by atoms with Crippen molar-refractivity contribution < 1.29 is 14.3 Å².